The van der Waals surface area contributed by atoms with Gasteiger partial charge in [0.1, 0.15) is 0 Å². The third-order valence-corrected chi connectivity index (χ3v) is 4.27. The quantitative estimate of drug-likeness (QED) is 0.735. The lowest BCUT2D eigenvalue weighted by atomic mass is 9.76. The van der Waals surface area contributed by atoms with E-state index in [1.165, 1.54) is 58.3 Å². The van der Waals surface area contributed by atoms with Gasteiger partial charge in [-0.05, 0) is 44.2 Å². The molecule has 2 heteroatoms. The third kappa shape index (κ3) is 4.97. The second kappa shape index (κ2) is 7.38. The van der Waals surface area contributed by atoms with Crippen LogP contribution in [0.25, 0.3) is 0 Å². The van der Waals surface area contributed by atoms with Gasteiger partial charge in [-0.1, -0.05) is 33.6 Å². The molecular formula is C15H32N2. The van der Waals surface area contributed by atoms with Gasteiger partial charge < -0.3 is 10.2 Å². The zero-order valence-electron chi connectivity index (χ0n) is 12.4. The van der Waals surface area contributed by atoms with Gasteiger partial charge in [0.05, 0.1) is 0 Å². The molecule has 2 unspecified atom stereocenters. The number of nitrogens with one attached hydrogen (secondary N) is 1. The van der Waals surface area contributed by atoms with Gasteiger partial charge in [0.2, 0.25) is 0 Å². The first kappa shape index (κ1) is 15.0. The lowest BCUT2D eigenvalue weighted by Gasteiger charge is -2.41. The van der Waals surface area contributed by atoms with E-state index in [0.29, 0.717) is 5.41 Å². The number of piperidine rings is 1. The van der Waals surface area contributed by atoms with Crippen LogP contribution in [-0.2, 0) is 0 Å². The van der Waals surface area contributed by atoms with Crippen LogP contribution in [0.3, 0.4) is 0 Å². The molecule has 1 saturated heterocycles. The summed E-state index contributed by atoms with van der Waals surface area (Å²) in [5.74, 6) is 0.829. The van der Waals surface area contributed by atoms with Gasteiger partial charge in [-0.2, -0.15) is 0 Å². The van der Waals surface area contributed by atoms with Crippen molar-refractivity contribution < 1.29 is 0 Å². The Morgan fingerprint density at radius 3 is 2.65 bits per heavy atom. The van der Waals surface area contributed by atoms with E-state index in [9.17, 15) is 0 Å². The first-order chi connectivity index (χ1) is 8.12. The monoisotopic (exact) mass is 240 g/mol. The van der Waals surface area contributed by atoms with E-state index >= 15 is 0 Å². The number of nitrogens with zero attached hydrogens (tertiary/aromatic N) is 1. The fourth-order valence-corrected chi connectivity index (χ4v) is 3.29. The van der Waals surface area contributed by atoms with Crippen LogP contribution in [0, 0.1) is 11.3 Å². The highest BCUT2D eigenvalue weighted by Crippen LogP contribution is 2.32. The van der Waals surface area contributed by atoms with Gasteiger partial charge in [0.15, 0.2) is 0 Å². The Hall–Kier alpha value is -0.0800. The molecule has 1 rings (SSSR count). The van der Waals surface area contributed by atoms with Gasteiger partial charge in [-0.25, -0.2) is 0 Å². The van der Waals surface area contributed by atoms with Crippen LogP contribution in [0.4, 0.5) is 0 Å². The zero-order chi connectivity index (χ0) is 12.7. The molecule has 0 aromatic carbocycles. The minimum atomic E-state index is 0.551. The molecule has 0 aliphatic carbocycles. The molecule has 0 spiro atoms. The summed E-state index contributed by atoms with van der Waals surface area (Å²) in [6, 6.07) is 0. The van der Waals surface area contributed by atoms with E-state index in [4.69, 9.17) is 0 Å². The molecular weight excluding hydrogens is 208 g/mol. The Bertz CT molecular complexity index is 192. The minimum absolute atomic E-state index is 0.551. The highest BCUT2D eigenvalue weighted by molar-refractivity contribution is 4.87. The van der Waals surface area contributed by atoms with Crippen molar-refractivity contribution in [3.63, 3.8) is 0 Å². The predicted molar refractivity (Wildman–Crippen MR) is 76.4 cm³/mol. The van der Waals surface area contributed by atoms with E-state index < -0.39 is 0 Å². The summed E-state index contributed by atoms with van der Waals surface area (Å²) in [5.41, 5.74) is 0.551. The average Bonchev–Trinajstić information content (AvgIpc) is 2.29. The fraction of sp³-hybridized carbons (Fsp3) is 1.00. The summed E-state index contributed by atoms with van der Waals surface area (Å²) in [6.07, 6.45) is 6.77. The predicted octanol–water partition coefficient (Wildman–Crippen LogP) is 3.13. The van der Waals surface area contributed by atoms with Crippen molar-refractivity contribution in [1.29, 1.82) is 0 Å². The van der Waals surface area contributed by atoms with E-state index in [2.05, 4.69) is 38.0 Å². The van der Waals surface area contributed by atoms with Crippen LogP contribution in [0.5, 0.6) is 0 Å². The van der Waals surface area contributed by atoms with Crippen molar-refractivity contribution in [1.82, 2.24) is 10.2 Å². The van der Waals surface area contributed by atoms with Crippen LogP contribution < -0.4 is 5.32 Å². The molecule has 17 heavy (non-hydrogen) atoms. The summed E-state index contributed by atoms with van der Waals surface area (Å²) >= 11 is 0. The van der Waals surface area contributed by atoms with Crippen LogP contribution in [0.1, 0.15) is 52.9 Å². The van der Waals surface area contributed by atoms with Crippen molar-refractivity contribution in [2.24, 2.45) is 11.3 Å². The molecule has 0 radical (unpaired) electrons. The van der Waals surface area contributed by atoms with E-state index in [1.54, 1.807) is 0 Å². The molecule has 1 heterocycles. The molecule has 0 amide bonds. The summed E-state index contributed by atoms with van der Waals surface area (Å²) in [6.45, 7) is 12.0. The number of hydrogen-bond donors (Lipinski definition) is 1. The van der Waals surface area contributed by atoms with E-state index in [0.717, 1.165) is 5.92 Å². The standard InChI is InChI=1S/C15H32N2/c1-5-8-15(9-7-10-16-12-15)13-17(4)11-14(3)6-2/h14,16H,5-13H2,1-4H3. The maximum Gasteiger partial charge on any atom is 0.00472 e. The van der Waals surface area contributed by atoms with E-state index in [-0.39, 0.29) is 0 Å². The molecule has 0 aromatic rings. The largest absolute Gasteiger partial charge is 0.316 e. The molecule has 2 nitrogen and oxygen atoms in total. The molecule has 2 atom stereocenters. The third-order valence-electron chi connectivity index (χ3n) is 4.27. The normalized spacial score (nSPS) is 27.4. The van der Waals surface area contributed by atoms with Crippen molar-refractivity contribution in [3.8, 4) is 0 Å². The number of hydrogen-bond acceptors (Lipinski definition) is 2. The van der Waals surface area contributed by atoms with Crippen molar-refractivity contribution in [2.45, 2.75) is 52.9 Å². The lowest BCUT2D eigenvalue weighted by molar-refractivity contribution is 0.113. The summed E-state index contributed by atoms with van der Waals surface area (Å²) in [7, 11) is 2.30. The molecule has 0 bridgehead atoms. The second-order valence-electron chi connectivity index (χ2n) is 6.24. The highest BCUT2D eigenvalue weighted by Gasteiger charge is 2.32. The topological polar surface area (TPSA) is 15.3 Å². The first-order valence-corrected chi connectivity index (χ1v) is 7.51. The molecule has 1 aliphatic rings. The van der Waals surface area contributed by atoms with Crippen molar-refractivity contribution in [3.05, 3.63) is 0 Å². The summed E-state index contributed by atoms with van der Waals surface area (Å²) in [4.78, 5) is 2.57. The second-order valence-corrected chi connectivity index (χ2v) is 6.24. The molecule has 102 valence electrons. The van der Waals surface area contributed by atoms with Gasteiger partial charge in [-0.15, -0.1) is 0 Å². The highest BCUT2D eigenvalue weighted by atomic mass is 15.1. The first-order valence-electron chi connectivity index (χ1n) is 7.51. The van der Waals surface area contributed by atoms with E-state index in [1.807, 2.05) is 0 Å². The molecule has 1 N–H and O–H groups in total. The Balaban J connectivity index is 2.47. The maximum atomic E-state index is 3.61. The molecule has 0 aromatic heterocycles. The lowest BCUT2D eigenvalue weighted by Crippen LogP contribution is -2.47. The minimum Gasteiger partial charge on any atom is -0.316 e. The average molecular weight is 240 g/mol. The Kier molecular flexibility index (Phi) is 6.50. The van der Waals surface area contributed by atoms with Crippen LogP contribution in [-0.4, -0.2) is 38.1 Å². The number of rotatable bonds is 7. The summed E-state index contributed by atoms with van der Waals surface area (Å²) in [5, 5.41) is 3.61. The molecule has 0 saturated carbocycles. The summed E-state index contributed by atoms with van der Waals surface area (Å²) < 4.78 is 0. The van der Waals surface area contributed by atoms with Crippen molar-refractivity contribution >= 4 is 0 Å². The Morgan fingerprint density at radius 2 is 2.12 bits per heavy atom. The smallest absolute Gasteiger partial charge is 0.00472 e. The Labute approximate surface area is 108 Å². The fourth-order valence-electron chi connectivity index (χ4n) is 3.29. The van der Waals surface area contributed by atoms with Crippen molar-refractivity contribution in [2.75, 3.05) is 33.2 Å². The zero-order valence-corrected chi connectivity index (χ0v) is 12.4. The van der Waals surface area contributed by atoms with Gasteiger partial charge >= 0.3 is 0 Å². The van der Waals surface area contributed by atoms with Gasteiger partial charge in [0.25, 0.3) is 0 Å². The molecule has 1 fully saturated rings. The van der Waals surface area contributed by atoms with Crippen LogP contribution in [0.15, 0.2) is 0 Å². The Morgan fingerprint density at radius 1 is 1.35 bits per heavy atom. The van der Waals surface area contributed by atoms with Gasteiger partial charge in [0, 0.05) is 19.6 Å². The molecule has 1 aliphatic heterocycles. The SMILES string of the molecule is CCCC1(CN(C)CC(C)CC)CCCNC1. The van der Waals surface area contributed by atoms with Gasteiger partial charge in [-0.3, -0.25) is 0 Å². The van der Waals surface area contributed by atoms with Crippen LogP contribution in [0.2, 0.25) is 0 Å². The van der Waals surface area contributed by atoms with Crippen LogP contribution >= 0.6 is 0 Å². The maximum absolute atomic E-state index is 3.61.